The zero-order chi connectivity index (χ0) is 8.27. The van der Waals surface area contributed by atoms with Crippen molar-refractivity contribution in [2.24, 2.45) is 11.7 Å². The molecule has 11 heavy (non-hydrogen) atoms. The Morgan fingerprint density at radius 3 is 2.64 bits per heavy atom. The lowest BCUT2D eigenvalue weighted by Crippen LogP contribution is -2.19. The summed E-state index contributed by atoms with van der Waals surface area (Å²) >= 11 is 0. The zero-order valence-electron chi connectivity index (χ0n) is 6.78. The van der Waals surface area contributed by atoms with E-state index < -0.39 is 0 Å². The minimum atomic E-state index is 0.241. The van der Waals surface area contributed by atoms with Crippen LogP contribution in [0.25, 0.3) is 0 Å². The Hall–Kier alpha value is -0.970. The molecule has 0 aliphatic rings. The topological polar surface area (TPSA) is 80.5 Å². The van der Waals surface area contributed by atoms with Crippen molar-refractivity contribution in [3.63, 3.8) is 0 Å². The minimum absolute atomic E-state index is 0.241. The van der Waals surface area contributed by atoms with E-state index in [-0.39, 0.29) is 5.92 Å². The van der Waals surface area contributed by atoms with Crippen molar-refractivity contribution in [3.05, 3.63) is 5.82 Å². The van der Waals surface area contributed by atoms with Crippen LogP contribution in [-0.4, -0.2) is 27.2 Å². The van der Waals surface area contributed by atoms with Crippen molar-refractivity contribution in [3.8, 4) is 0 Å². The third-order valence-electron chi connectivity index (χ3n) is 1.77. The summed E-state index contributed by atoms with van der Waals surface area (Å²) in [4.78, 5) is 0. The fraction of sp³-hybridized carbons (Fsp3) is 0.833. The normalized spacial score (nSPS) is 13.8. The summed E-state index contributed by atoms with van der Waals surface area (Å²) in [5, 5.41) is 13.5. The second kappa shape index (κ2) is 3.43. The van der Waals surface area contributed by atoms with Crippen molar-refractivity contribution in [2.75, 3.05) is 6.54 Å². The van der Waals surface area contributed by atoms with Crippen LogP contribution < -0.4 is 5.73 Å². The van der Waals surface area contributed by atoms with E-state index >= 15 is 0 Å². The van der Waals surface area contributed by atoms with Gasteiger partial charge in [-0.3, -0.25) is 0 Å². The number of rotatable bonds is 3. The highest BCUT2D eigenvalue weighted by Gasteiger charge is 2.16. The molecule has 5 nitrogen and oxygen atoms in total. The molecule has 0 amide bonds. The van der Waals surface area contributed by atoms with Gasteiger partial charge in [-0.25, -0.2) is 5.10 Å². The first kappa shape index (κ1) is 8.13. The number of nitrogens with two attached hydrogens (primary N) is 1. The third kappa shape index (κ3) is 1.74. The Labute approximate surface area is 65.4 Å². The van der Waals surface area contributed by atoms with Crippen LogP contribution in [0.1, 0.15) is 25.6 Å². The molecule has 1 aromatic rings. The molecule has 1 atom stereocenters. The molecule has 5 heteroatoms. The average Bonchev–Trinajstić information content (AvgIpc) is 2.40. The van der Waals surface area contributed by atoms with Gasteiger partial charge in [-0.1, -0.05) is 13.8 Å². The first-order chi connectivity index (χ1) is 5.25. The monoisotopic (exact) mass is 155 g/mol. The van der Waals surface area contributed by atoms with Crippen molar-refractivity contribution in [1.82, 2.24) is 20.6 Å². The summed E-state index contributed by atoms with van der Waals surface area (Å²) in [5.74, 6) is 1.49. The lowest BCUT2D eigenvalue weighted by Gasteiger charge is -2.13. The molecule has 0 bridgehead atoms. The van der Waals surface area contributed by atoms with Gasteiger partial charge in [0.05, 0.1) is 0 Å². The van der Waals surface area contributed by atoms with Gasteiger partial charge in [-0.05, 0) is 16.3 Å². The molecule has 1 rings (SSSR count). The number of nitrogens with one attached hydrogen (secondary N) is 1. The molecule has 0 saturated heterocycles. The van der Waals surface area contributed by atoms with Gasteiger partial charge >= 0.3 is 0 Å². The molecule has 3 N–H and O–H groups in total. The van der Waals surface area contributed by atoms with Crippen LogP contribution in [0.15, 0.2) is 0 Å². The van der Waals surface area contributed by atoms with Gasteiger partial charge in [0.25, 0.3) is 0 Å². The summed E-state index contributed by atoms with van der Waals surface area (Å²) in [5.41, 5.74) is 5.55. The van der Waals surface area contributed by atoms with Gasteiger partial charge < -0.3 is 5.73 Å². The van der Waals surface area contributed by atoms with E-state index in [4.69, 9.17) is 5.73 Å². The summed E-state index contributed by atoms with van der Waals surface area (Å²) in [6.07, 6.45) is 0. The molecular formula is C6H13N5. The number of aromatic amines is 1. The highest BCUT2D eigenvalue weighted by Crippen LogP contribution is 2.17. The maximum atomic E-state index is 5.55. The molecule has 1 unspecified atom stereocenters. The standard InChI is InChI=1S/C6H13N5/c1-4(2)5(3-7)6-8-10-11-9-6/h4-5H,3,7H2,1-2H3,(H,8,9,10,11). The molecule has 0 spiro atoms. The Bertz CT molecular complexity index is 193. The van der Waals surface area contributed by atoms with Gasteiger partial charge in [0.15, 0.2) is 5.82 Å². The molecule has 0 aliphatic carbocycles. The summed E-state index contributed by atoms with van der Waals surface area (Å²) in [6.45, 7) is 4.77. The number of hydrogen-bond donors (Lipinski definition) is 2. The predicted molar refractivity (Wildman–Crippen MR) is 40.8 cm³/mol. The third-order valence-corrected chi connectivity index (χ3v) is 1.77. The summed E-state index contributed by atoms with van der Waals surface area (Å²) in [7, 11) is 0. The Morgan fingerprint density at radius 2 is 2.27 bits per heavy atom. The molecule has 1 aromatic heterocycles. The van der Waals surface area contributed by atoms with Crippen molar-refractivity contribution in [1.29, 1.82) is 0 Å². The number of tetrazole rings is 1. The predicted octanol–water partition coefficient (Wildman–Crippen LogP) is -0.102. The lowest BCUT2D eigenvalue weighted by molar-refractivity contribution is 0.484. The van der Waals surface area contributed by atoms with Crippen LogP contribution in [0, 0.1) is 5.92 Å². The largest absolute Gasteiger partial charge is 0.330 e. The van der Waals surface area contributed by atoms with Crippen molar-refractivity contribution >= 4 is 0 Å². The number of hydrogen-bond acceptors (Lipinski definition) is 4. The number of H-pyrrole nitrogens is 1. The zero-order valence-corrected chi connectivity index (χ0v) is 6.78. The van der Waals surface area contributed by atoms with Crippen molar-refractivity contribution < 1.29 is 0 Å². The Kier molecular flexibility index (Phi) is 2.53. The molecule has 62 valence electrons. The number of nitrogens with zero attached hydrogens (tertiary/aromatic N) is 3. The molecule has 0 aliphatic heterocycles. The summed E-state index contributed by atoms with van der Waals surface area (Å²) in [6, 6.07) is 0. The first-order valence-electron chi connectivity index (χ1n) is 3.69. The van der Waals surface area contributed by atoms with Crippen LogP contribution in [0.4, 0.5) is 0 Å². The van der Waals surface area contributed by atoms with E-state index in [1.54, 1.807) is 0 Å². The fourth-order valence-electron chi connectivity index (χ4n) is 1.02. The van der Waals surface area contributed by atoms with Crippen LogP contribution in [0.5, 0.6) is 0 Å². The van der Waals surface area contributed by atoms with E-state index in [2.05, 4.69) is 34.5 Å². The van der Waals surface area contributed by atoms with Gasteiger partial charge in [0.2, 0.25) is 0 Å². The van der Waals surface area contributed by atoms with Crippen molar-refractivity contribution in [2.45, 2.75) is 19.8 Å². The van der Waals surface area contributed by atoms with Gasteiger partial charge in [-0.2, -0.15) is 0 Å². The second-order valence-electron chi connectivity index (χ2n) is 2.87. The van der Waals surface area contributed by atoms with Crippen LogP contribution in [0.3, 0.4) is 0 Å². The molecule has 0 fully saturated rings. The highest BCUT2D eigenvalue weighted by atomic mass is 15.5. The minimum Gasteiger partial charge on any atom is -0.330 e. The van der Waals surface area contributed by atoms with E-state index in [1.807, 2.05) is 0 Å². The van der Waals surface area contributed by atoms with Crippen LogP contribution >= 0.6 is 0 Å². The van der Waals surface area contributed by atoms with E-state index in [9.17, 15) is 0 Å². The van der Waals surface area contributed by atoms with Gasteiger partial charge in [0, 0.05) is 12.5 Å². The average molecular weight is 155 g/mol. The molecular weight excluding hydrogens is 142 g/mol. The quantitative estimate of drug-likeness (QED) is 0.638. The van der Waals surface area contributed by atoms with Crippen LogP contribution in [-0.2, 0) is 0 Å². The Balaban J connectivity index is 2.71. The van der Waals surface area contributed by atoms with Crippen LogP contribution in [0.2, 0.25) is 0 Å². The van der Waals surface area contributed by atoms with E-state index in [0.717, 1.165) is 5.82 Å². The van der Waals surface area contributed by atoms with E-state index in [1.165, 1.54) is 0 Å². The number of aromatic nitrogens is 4. The highest BCUT2D eigenvalue weighted by molar-refractivity contribution is 4.93. The molecule has 0 radical (unpaired) electrons. The maximum absolute atomic E-state index is 5.55. The maximum Gasteiger partial charge on any atom is 0.153 e. The smallest absolute Gasteiger partial charge is 0.153 e. The Morgan fingerprint density at radius 1 is 1.55 bits per heavy atom. The second-order valence-corrected chi connectivity index (χ2v) is 2.87. The SMILES string of the molecule is CC(C)C(CN)c1nnn[nH]1. The lowest BCUT2D eigenvalue weighted by atomic mass is 9.96. The molecule has 0 aromatic carbocycles. The summed E-state index contributed by atoms with van der Waals surface area (Å²) < 4.78 is 0. The van der Waals surface area contributed by atoms with E-state index in [0.29, 0.717) is 12.5 Å². The van der Waals surface area contributed by atoms with Gasteiger partial charge in [-0.15, -0.1) is 5.10 Å². The first-order valence-corrected chi connectivity index (χ1v) is 3.69. The fourth-order valence-corrected chi connectivity index (χ4v) is 1.02. The molecule has 1 heterocycles. The van der Waals surface area contributed by atoms with Gasteiger partial charge in [0.1, 0.15) is 0 Å². The molecule has 0 saturated carbocycles.